The number of nitrogens with zero attached hydrogens (tertiary/aromatic N) is 1. The summed E-state index contributed by atoms with van der Waals surface area (Å²) in [5, 5.41) is 2.90. The smallest absolute Gasteiger partial charge is 0.244 e. The SMILES string of the molecule is COc1ccc(C=CC(=O)NC(C)c2nc3ccccc3[nH]2)c(OC)c1. The summed E-state index contributed by atoms with van der Waals surface area (Å²) in [6, 6.07) is 12.9. The standard InChI is InChI=1S/C20H21N3O3/c1-13(20-22-16-6-4-5-7-17(16)23-20)21-19(24)11-9-14-8-10-15(25-2)12-18(14)26-3/h4-13H,1-3H3,(H,21,24)(H,22,23). The maximum atomic E-state index is 12.2. The van der Waals surface area contributed by atoms with Gasteiger partial charge in [0, 0.05) is 17.7 Å². The van der Waals surface area contributed by atoms with Crippen molar-refractivity contribution in [2.45, 2.75) is 13.0 Å². The molecule has 0 radical (unpaired) electrons. The molecule has 1 aromatic heterocycles. The number of aromatic amines is 1. The van der Waals surface area contributed by atoms with Crippen LogP contribution in [0.5, 0.6) is 11.5 Å². The predicted octanol–water partition coefficient (Wildman–Crippen LogP) is 3.47. The second-order valence-electron chi connectivity index (χ2n) is 5.81. The second kappa shape index (κ2) is 7.74. The lowest BCUT2D eigenvalue weighted by molar-refractivity contribution is -0.117. The molecule has 1 unspecified atom stereocenters. The lowest BCUT2D eigenvalue weighted by Gasteiger charge is -2.10. The summed E-state index contributed by atoms with van der Waals surface area (Å²) in [5.41, 5.74) is 2.61. The monoisotopic (exact) mass is 351 g/mol. The number of fused-ring (bicyclic) bond motifs is 1. The molecule has 1 heterocycles. The fourth-order valence-electron chi connectivity index (χ4n) is 2.63. The third-order valence-corrected chi connectivity index (χ3v) is 4.03. The zero-order chi connectivity index (χ0) is 18.5. The molecule has 0 fully saturated rings. The van der Waals surface area contributed by atoms with Crippen LogP contribution in [0.15, 0.2) is 48.5 Å². The highest BCUT2D eigenvalue weighted by atomic mass is 16.5. The number of hydrogen-bond acceptors (Lipinski definition) is 4. The summed E-state index contributed by atoms with van der Waals surface area (Å²) in [4.78, 5) is 20.0. The summed E-state index contributed by atoms with van der Waals surface area (Å²) in [5.74, 6) is 1.84. The molecule has 26 heavy (non-hydrogen) atoms. The molecule has 0 saturated heterocycles. The van der Waals surface area contributed by atoms with Crippen LogP contribution in [0.25, 0.3) is 17.1 Å². The van der Waals surface area contributed by atoms with Gasteiger partial charge in [-0.1, -0.05) is 12.1 Å². The van der Waals surface area contributed by atoms with Crippen molar-refractivity contribution in [3.8, 4) is 11.5 Å². The summed E-state index contributed by atoms with van der Waals surface area (Å²) in [6.07, 6.45) is 3.18. The molecule has 0 saturated carbocycles. The number of amides is 1. The zero-order valence-corrected chi connectivity index (χ0v) is 14.9. The van der Waals surface area contributed by atoms with E-state index in [4.69, 9.17) is 9.47 Å². The van der Waals surface area contributed by atoms with Gasteiger partial charge >= 0.3 is 0 Å². The van der Waals surface area contributed by atoms with E-state index in [1.54, 1.807) is 26.4 Å². The van der Waals surface area contributed by atoms with Crippen LogP contribution in [0.1, 0.15) is 24.4 Å². The van der Waals surface area contributed by atoms with E-state index in [9.17, 15) is 4.79 Å². The molecule has 0 aliphatic carbocycles. The van der Waals surface area contributed by atoms with E-state index < -0.39 is 0 Å². The number of para-hydroxylation sites is 2. The fraction of sp³-hybridized carbons (Fsp3) is 0.200. The molecule has 0 bridgehead atoms. The minimum absolute atomic E-state index is 0.212. The Kier molecular flexibility index (Phi) is 5.22. The molecule has 1 amide bonds. The molecular formula is C20H21N3O3. The van der Waals surface area contributed by atoms with Crippen molar-refractivity contribution in [2.24, 2.45) is 0 Å². The number of imidazole rings is 1. The van der Waals surface area contributed by atoms with Gasteiger partial charge in [-0.3, -0.25) is 4.79 Å². The largest absolute Gasteiger partial charge is 0.497 e. The Morgan fingerprint density at radius 1 is 1.19 bits per heavy atom. The molecule has 2 aromatic carbocycles. The summed E-state index contributed by atoms with van der Waals surface area (Å²) < 4.78 is 10.5. The number of nitrogens with one attached hydrogen (secondary N) is 2. The highest BCUT2D eigenvalue weighted by Gasteiger charge is 2.12. The predicted molar refractivity (Wildman–Crippen MR) is 101 cm³/mol. The maximum absolute atomic E-state index is 12.2. The third-order valence-electron chi connectivity index (χ3n) is 4.03. The van der Waals surface area contributed by atoms with E-state index in [-0.39, 0.29) is 11.9 Å². The number of carbonyl (C=O) groups is 1. The van der Waals surface area contributed by atoms with E-state index in [1.165, 1.54) is 6.08 Å². The number of carbonyl (C=O) groups excluding carboxylic acids is 1. The third kappa shape index (κ3) is 3.85. The first kappa shape index (κ1) is 17.5. The maximum Gasteiger partial charge on any atom is 0.244 e. The van der Waals surface area contributed by atoms with Crippen molar-refractivity contribution in [1.82, 2.24) is 15.3 Å². The molecule has 6 heteroatoms. The van der Waals surface area contributed by atoms with Crippen molar-refractivity contribution >= 4 is 23.0 Å². The highest BCUT2D eigenvalue weighted by Crippen LogP contribution is 2.25. The number of hydrogen-bond donors (Lipinski definition) is 2. The molecule has 0 spiro atoms. The molecule has 2 N–H and O–H groups in total. The van der Waals surface area contributed by atoms with E-state index in [0.29, 0.717) is 11.5 Å². The minimum atomic E-state index is -0.239. The van der Waals surface area contributed by atoms with Gasteiger partial charge in [-0.25, -0.2) is 4.98 Å². The first-order valence-corrected chi connectivity index (χ1v) is 8.26. The number of benzene rings is 2. The van der Waals surface area contributed by atoms with Crippen LogP contribution in [-0.4, -0.2) is 30.1 Å². The van der Waals surface area contributed by atoms with Gasteiger partial charge in [-0.15, -0.1) is 0 Å². The van der Waals surface area contributed by atoms with Gasteiger partial charge in [0.05, 0.1) is 31.3 Å². The minimum Gasteiger partial charge on any atom is -0.497 e. The van der Waals surface area contributed by atoms with Crippen LogP contribution >= 0.6 is 0 Å². The van der Waals surface area contributed by atoms with Gasteiger partial charge in [0.15, 0.2) is 0 Å². The average Bonchev–Trinajstić information content (AvgIpc) is 3.10. The Bertz CT molecular complexity index is 913. The number of methoxy groups -OCH3 is 2. The van der Waals surface area contributed by atoms with Crippen LogP contribution in [0.2, 0.25) is 0 Å². The molecule has 134 valence electrons. The van der Waals surface area contributed by atoms with Crippen molar-refractivity contribution in [2.75, 3.05) is 14.2 Å². The topological polar surface area (TPSA) is 76.2 Å². The Balaban J connectivity index is 1.69. The van der Waals surface area contributed by atoms with Crippen molar-refractivity contribution in [3.63, 3.8) is 0 Å². The van der Waals surface area contributed by atoms with Crippen LogP contribution in [0.4, 0.5) is 0 Å². The summed E-state index contributed by atoms with van der Waals surface area (Å²) >= 11 is 0. The van der Waals surface area contributed by atoms with Gasteiger partial charge in [0.25, 0.3) is 0 Å². The van der Waals surface area contributed by atoms with Gasteiger partial charge < -0.3 is 19.8 Å². The molecular weight excluding hydrogens is 330 g/mol. The number of H-pyrrole nitrogens is 1. The quantitative estimate of drug-likeness (QED) is 0.667. The van der Waals surface area contributed by atoms with Crippen LogP contribution < -0.4 is 14.8 Å². The number of rotatable bonds is 6. The number of aromatic nitrogens is 2. The molecule has 6 nitrogen and oxygen atoms in total. The lowest BCUT2D eigenvalue weighted by atomic mass is 10.1. The molecule has 0 aliphatic heterocycles. The van der Waals surface area contributed by atoms with E-state index >= 15 is 0 Å². The van der Waals surface area contributed by atoms with Gasteiger partial charge in [0.2, 0.25) is 5.91 Å². The van der Waals surface area contributed by atoms with Crippen LogP contribution in [0, 0.1) is 0 Å². The Morgan fingerprint density at radius 3 is 2.73 bits per heavy atom. The summed E-state index contributed by atoms with van der Waals surface area (Å²) in [6.45, 7) is 1.89. The fourth-order valence-corrected chi connectivity index (χ4v) is 2.63. The average molecular weight is 351 g/mol. The van der Waals surface area contributed by atoms with Gasteiger partial charge in [-0.2, -0.15) is 0 Å². The normalized spacial score (nSPS) is 12.3. The van der Waals surface area contributed by atoms with Crippen molar-refractivity contribution < 1.29 is 14.3 Å². The van der Waals surface area contributed by atoms with Gasteiger partial charge in [-0.05, 0) is 37.3 Å². The Labute approximate surface area is 151 Å². The zero-order valence-electron chi connectivity index (χ0n) is 14.9. The summed E-state index contributed by atoms with van der Waals surface area (Å²) in [7, 11) is 3.17. The van der Waals surface area contributed by atoms with E-state index in [0.717, 1.165) is 22.4 Å². The van der Waals surface area contributed by atoms with E-state index in [2.05, 4.69) is 15.3 Å². The first-order valence-electron chi connectivity index (χ1n) is 8.26. The van der Waals surface area contributed by atoms with E-state index in [1.807, 2.05) is 43.3 Å². The lowest BCUT2D eigenvalue weighted by Crippen LogP contribution is -2.25. The van der Waals surface area contributed by atoms with Crippen molar-refractivity contribution in [1.29, 1.82) is 0 Å². The molecule has 0 aliphatic rings. The second-order valence-corrected chi connectivity index (χ2v) is 5.81. The van der Waals surface area contributed by atoms with Crippen molar-refractivity contribution in [3.05, 3.63) is 59.9 Å². The molecule has 1 atom stereocenters. The molecule has 3 aromatic rings. The molecule has 3 rings (SSSR count). The Hall–Kier alpha value is -3.28. The Morgan fingerprint density at radius 2 is 2.00 bits per heavy atom. The highest BCUT2D eigenvalue weighted by molar-refractivity contribution is 5.92. The van der Waals surface area contributed by atoms with Crippen LogP contribution in [-0.2, 0) is 4.79 Å². The first-order chi connectivity index (χ1) is 12.6. The van der Waals surface area contributed by atoms with Crippen LogP contribution in [0.3, 0.4) is 0 Å². The number of ether oxygens (including phenoxy) is 2. The van der Waals surface area contributed by atoms with Gasteiger partial charge in [0.1, 0.15) is 17.3 Å².